The molecule has 0 aliphatic rings. The average molecular weight is 260 g/mol. The second kappa shape index (κ2) is 6.47. The number of nitriles is 1. The molecular weight excluding hydrogens is 236 g/mol. The van der Waals surface area contributed by atoms with Gasteiger partial charge in [-0.1, -0.05) is 20.8 Å². The van der Waals surface area contributed by atoms with Gasteiger partial charge in [-0.3, -0.25) is 0 Å². The molecule has 3 heteroatoms. The third-order valence-corrected chi connectivity index (χ3v) is 3.21. The molecule has 0 atom stereocenters. The van der Waals surface area contributed by atoms with Gasteiger partial charge in [0, 0.05) is 31.3 Å². The Kier molecular flexibility index (Phi) is 5.23. The van der Waals surface area contributed by atoms with Gasteiger partial charge in [0.1, 0.15) is 5.75 Å². The number of hydrogen-bond acceptors (Lipinski definition) is 3. The topological polar surface area (TPSA) is 36.3 Å². The van der Waals surface area contributed by atoms with Gasteiger partial charge in [0.15, 0.2) is 0 Å². The van der Waals surface area contributed by atoms with Crippen LogP contribution in [0.3, 0.4) is 0 Å². The molecule has 3 nitrogen and oxygen atoms in total. The Morgan fingerprint density at radius 3 is 2.53 bits per heavy atom. The van der Waals surface area contributed by atoms with E-state index in [-0.39, 0.29) is 5.41 Å². The van der Waals surface area contributed by atoms with Gasteiger partial charge in [0.05, 0.1) is 13.2 Å². The minimum Gasteiger partial charge on any atom is -0.496 e. The molecule has 0 fully saturated rings. The zero-order valence-electron chi connectivity index (χ0n) is 12.7. The maximum Gasteiger partial charge on any atom is 0.122 e. The number of rotatable bonds is 5. The minimum atomic E-state index is 0.0504. The van der Waals surface area contributed by atoms with Crippen molar-refractivity contribution in [2.75, 3.05) is 25.6 Å². The molecule has 1 aromatic carbocycles. The van der Waals surface area contributed by atoms with E-state index in [0.29, 0.717) is 6.42 Å². The van der Waals surface area contributed by atoms with E-state index in [2.05, 4.69) is 50.9 Å². The highest BCUT2D eigenvalue weighted by Crippen LogP contribution is 2.34. The summed E-state index contributed by atoms with van der Waals surface area (Å²) in [5.74, 6) is 0.932. The molecule has 0 radical (unpaired) electrons. The fourth-order valence-corrected chi connectivity index (χ4v) is 2.04. The fourth-order valence-electron chi connectivity index (χ4n) is 2.04. The SMILES string of the molecule is COc1ccc(N(C)CCCC#N)cc1C(C)(C)C. The normalized spacial score (nSPS) is 10.9. The standard InChI is InChI=1S/C16H24N2O/c1-16(2,3)14-12-13(8-9-15(14)19-5)18(4)11-7-6-10-17/h8-9,12H,6-7,11H2,1-5H3. The molecule has 0 N–H and O–H groups in total. The van der Waals surface area contributed by atoms with Crippen LogP contribution in [0.4, 0.5) is 5.69 Å². The summed E-state index contributed by atoms with van der Waals surface area (Å²) in [4.78, 5) is 2.19. The van der Waals surface area contributed by atoms with Crippen LogP contribution in [0.5, 0.6) is 5.75 Å². The van der Waals surface area contributed by atoms with Gasteiger partial charge in [-0.15, -0.1) is 0 Å². The van der Waals surface area contributed by atoms with Gasteiger partial charge in [-0.25, -0.2) is 0 Å². The Balaban J connectivity index is 2.95. The van der Waals surface area contributed by atoms with Crippen molar-refractivity contribution < 1.29 is 4.74 Å². The van der Waals surface area contributed by atoms with Gasteiger partial charge in [0.25, 0.3) is 0 Å². The molecule has 0 spiro atoms. The van der Waals surface area contributed by atoms with Crippen molar-refractivity contribution in [2.45, 2.75) is 39.0 Å². The summed E-state index contributed by atoms with van der Waals surface area (Å²) in [7, 11) is 3.77. The quantitative estimate of drug-likeness (QED) is 0.757. The van der Waals surface area contributed by atoms with Crippen LogP contribution >= 0.6 is 0 Å². The van der Waals surface area contributed by atoms with Crippen molar-refractivity contribution in [2.24, 2.45) is 0 Å². The predicted molar refractivity (Wildman–Crippen MR) is 79.8 cm³/mol. The fraction of sp³-hybridized carbons (Fsp3) is 0.562. The molecule has 0 saturated heterocycles. The maximum absolute atomic E-state index is 8.58. The molecule has 0 bridgehead atoms. The summed E-state index contributed by atoms with van der Waals surface area (Å²) in [6.07, 6.45) is 1.50. The molecule has 0 aliphatic carbocycles. The first-order valence-corrected chi connectivity index (χ1v) is 6.66. The molecule has 19 heavy (non-hydrogen) atoms. The predicted octanol–water partition coefficient (Wildman–Crippen LogP) is 3.73. The lowest BCUT2D eigenvalue weighted by Gasteiger charge is -2.26. The Morgan fingerprint density at radius 1 is 1.32 bits per heavy atom. The number of benzene rings is 1. The van der Waals surface area contributed by atoms with E-state index in [1.165, 1.54) is 11.3 Å². The lowest BCUT2D eigenvalue weighted by molar-refractivity contribution is 0.397. The smallest absolute Gasteiger partial charge is 0.122 e. The summed E-state index contributed by atoms with van der Waals surface area (Å²) in [5.41, 5.74) is 2.43. The highest BCUT2D eigenvalue weighted by Gasteiger charge is 2.19. The first-order valence-electron chi connectivity index (χ1n) is 6.66. The number of hydrogen-bond donors (Lipinski definition) is 0. The Labute approximate surface area is 116 Å². The van der Waals surface area contributed by atoms with E-state index in [0.717, 1.165) is 18.7 Å². The maximum atomic E-state index is 8.58. The molecule has 0 unspecified atom stereocenters. The van der Waals surface area contributed by atoms with Crippen LogP contribution in [0, 0.1) is 11.3 Å². The van der Waals surface area contributed by atoms with Crippen molar-refractivity contribution in [1.29, 1.82) is 5.26 Å². The van der Waals surface area contributed by atoms with Crippen LogP contribution in [-0.4, -0.2) is 20.7 Å². The molecule has 104 valence electrons. The Bertz CT molecular complexity index is 455. The number of nitrogens with zero attached hydrogens (tertiary/aromatic N) is 2. The molecule has 1 aromatic rings. The van der Waals surface area contributed by atoms with Gasteiger partial charge < -0.3 is 9.64 Å². The molecule has 1 rings (SSSR count). The summed E-state index contributed by atoms with van der Waals surface area (Å²) >= 11 is 0. The van der Waals surface area contributed by atoms with E-state index >= 15 is 0 Å². The van der Waals surface area contributed by atoms with Crippen molar-refractivity contribution in [3.8, 4) is 11.8 Å². The van der Waals surface area contributed by atoms with Crippen LogP contribution < -0.4 is 9.64 Å². The van der Waals surface area contributed by atoms with E-state index in [4.69, 9.17) is 10.00 Å². The van der Waals surface area contributed by atoms with Gasteiger partial charge in [0.2, 0.25) is 0 Å². The van der Waals surface area contributed by atoms with Crippen LogP contribution in [-0.2, 0) is 5.41 Å². The van der Waals surface area contributed by atoms with Crippen molar-refractivity contribution in [3.63, 3.8) is 0 Å². The molecule has 0 heterocycles. The third kappa shape index (κ3) is 4.17. The highest BCUT2D eigenvalue weighted by atomic mass is 16.5. The van der Waals surface area contributed by atoms with Crippen LogP contribution in [0.15, 0.2) is 18.2 Å². The highest BCUT2D eigenvalue weighted by molar-refractivity contribution is 5.54. The zero-order valence-corrected chi connectivity index (χ0v) is 12.7. The van der Waals surface area contributed by atoms with E-state index < -0.39 is 0 Å². The molecular formula is C16H24N2O. The van der Waals surface area contributed by atoms with Crippen molar-refractivity contribution in [1.82, 2.24) is 0 Å². The van der Waals surface area contributed by atoms with E-state index in [9.17, 15) is 0 Å². The van der Waals surface area contributed by atoms with Gasteiger partial charge >= 0.3 is 0 Å². The lowest BCUT2D eigenvalue weighted by Crippen LogP contribution is -2.20. The van der Waals surface area contributed by atoms with Crippen molar-refractivity contribution in [3.05, 3.63) is 23.8 Å². The van der Waals surface area contributed by atoms with Crippen LogP contribution in [0.25, 0.3) is 0 Å². The first kappa shape index (κ1) is 15.4. The Morgan fingerprint density at radius 2 is 2.00 bits per heavy atom. The largest absolute Gasteiger partial charge is 0.496 e. The van der Waals surface area contributed by atoms with Gasteiger partial charge in [-0.2, -0.15) is 5.26 Å². The second-order valence-electron chi connectivity index (χ2n) is 5.82. The zero-order chi connectivity index (χ0) is 14.5. The number of unbranched alkanes of at least 4 members (excludes halogenated alkanes) is 1. The van der Waals surface area contributed by atoms with E-state index in [1.807, 2.05) is 6.07 Å². The van der Waals surface area contributed by atoms with Gasteiger partial charge in [-0.05, 0) is 30.0 Å². The average Bonchev–Trinajstić information content (AvgIpc) is 2.37. The summed E-state index contributed by atoms with van der Waals surface area (Å²) in [6.45, 7) is 7.45. The second-order valence-corrected chi connectivity index (χ2v) is 5.82. The number of methoxy groups -OCH3 is 1. The minimum absolute atomic E-state index is 0.0504. The molecule has 0 amide bonds. The molecule has 0 aromatic heterocycles. The first-order chi connectivity index (χ1) is 8.90. The number of anilines is 1. The summed E-state index contributed by atoms with van der Waals surface area (Å²) in [5, 5.41) is 8.58. The summed E-state index contributed by atoms with van der Waals surface area (Å²) in [6, 6.07) is 8.46. The molecule has 0 saturated carbocycles. The third-order valence-electron chi connectivity index (χ3n) is 3.21. The summed E-state index contributed by atoms with van der Waals surface area (Å²) < 4.78 is 5.44. The molecule has 0 aliphatic heterocycles. The number of ether oxygens (including phenoxy) is 1. The van der Waals surface area contributed by atoms with Crippen molar-refractivity contribution >= 4 is 5.69 Å². The Hall–Kier alpha value is -1.69. The lowest BCUT2D eigenvalue weighted by atomic mass is 9.86. The van der Waals surface area contributed by atoms with Crippen LogP contribution in [0.1, 0.15) is 39.2 Å². The van der Waals surface area contributed by atoms with Crippen LogP contribution in [0.2, 0.25) is 0 Å². The monoisotopic (exact) mass is 260 g/mol. The van der Waals surface area contributed by atoms with E-state index in [1.54, 1.807) is 7.11 Å².